The Morgan fingerprint density at radius 3 is 2.47 bits per heavy atom. The number of amides is 3. The number of rotatable bonds is 9. The lowest BCUT2D eigenvalue weighted by atomic mass is 9.86. The van der Waals surface area contributed by atoms with Gasteiger partial charge in [-0.2, -0.15) is 13.2 Å². The average molecular weight is 599 g/mol. The van der Waals surface area contributed by atoms with E-state index in [0.29, 0.717) is 48.4 Å². The fourth-order valence-electron chi connectivity index (χ4n) is 6.19. The van der Waals surface area contributed by atoms with Gasteiger partial charge in [0.2, 0.25) is 18.0 Å². The number of alkyl halides is 3. The van der Waals surface area contributed by atoms with Crippen LogP contribution in [0.2, 0.25) is 0 Å². The molecule has 0 bridgehead atoms. The Morgan fingerprint density at radius 1 is 1.09 bits per heavy atom. The molecule has 10 heteroatoms. The van der Waals surface area contributed by atoms with Crippen molar-refractivity contribution in [2.24, 2.45) is 10.9 Å². The Morgan fingerprint density at radius 2 is 1.79 bits per heavy atom. The molecule has 1 aromatic rings. The van der Waals surface area contributed by atoms with E-state index in [1.807, 2.05) is 6.92 Å². The standard InChI is InChI=1S/C33H41F3N4O3/c1-3-4-15-24(16-12-21-33(34,35)36)28-25-17-8-9-18-26(25)40(2)30(42)29(37-28)38-31(43)32(19-10-11-20-32)39-27(41)22-23-13-6-5-7-14-23/h4,8-9,12,15-18,21,23,29H,3,5-7,10-11,13-14,19-20,22H2,1-2H3,(H,38,43)(H,39,41)/b15-4-,21-12+,24-16+. The van der Waals surface area contributed by atoms with Gasteiger partial charge in [0.25, 0.3) is 5.91 Å². The number of halogens is 3. The number of nitrogens with zero attached hydrogens (tertiary/aromatic N) is 2. The first-order valence-electron chi connectivity index (χ1n) is 15.2. The van der Waals surface area contributed by atoms with E-state index < -0.39 is 29.7 Å². The van der Waals surface area contributed by atoms with E-state index in [1.165, 1.54) is 17.4 Å². The maximum Gasteiger partial charge on any atom is 0.409 e. The fourth-order valence-corrected chi connectivity index (χ4v) is 6.19. The van der Waals surface area contributed by atoms with Crippen molar-refractivity contribution >= 4 is 29.1 Å². The van der Waals surface area contributed by atoms with Crippen molar-refractivity contribution in [3.63, 3.8) is 0 Å². The molecule has 1 unspecified atom stereocenters. The number of benzodiazepines with no additional fused rings is 1. The molecule has 4 rings (SSSR count). The predicted molar refractivity (Wildman–Crippen MR) is 162 cm³/mol. The van der Waals surface area contributed by atoms with Gasteiger partial charge in [-0.05, 0) is 44.1 Å². The summed E-state index contributed by atoms with van der Waals surface area (Å²) in [6, 6.07) is 6.98. The van der Waals surface area contributed by atoms with E-state index in [-0.39, 0.29) is 17.7 Å². The molecule has 7 nitrogen and oxygen atoms in total. The first kappa shape index (κ1) is 32.2. The molecule has 1 atom stereocenters. The fraction of sp³-hybridized carbons (Fsp3) is 0.515. The van der Waals surface area contributed by atoms with Gasteiger partial charge in [-0.15, -0.1) is 0 Å². The van der Waals surface area contributed by atoms with Gasteiger partial charge in [0.15, 0.2) is 0 Å². The first-order valence-corrected chi connectivity index (χ1v) is 15.2. The summed E-state index contributed by atoms with van der Waals surface area (Å²) >= 11 is 0. The topological polar surface area (TPSA) is 90.9 Å². The lowest BCUT2D eigenvalue weighted by molar-refractivity contribution is -0.135. The second-order valence-electron chi connectivity index (χ2n) is 11.6. The van der Waals surface area contributed by atoms with Crippen molar-refractivity contribution in [2.45, 2.75) is 95.4 Å². The van der Waals surface area contributed by atoms with E-state index in [0.717, 1.165) is 44.6 Å². The molecule has 2 N–H and O–H groups in total. The van der Waals surface area contributed by atoms with Gasteiger partial charge in [0.05, 0.1) is 11.4 Å². The highest BCUT2D eigenvalue weighted by molar-refractivity contribution is 6.21. The Kier molecular flexibility index (Phi) is 10.6. The molecule has 3 aliphatic rings. The minimum Gasteiger partial charge on any atom is -0.342 e. The van der Waals surface area contributed by atoms with E-state index in [1.54, 1.807) is 43.5 Å². The SMILES string of the molecule is CC\C=C/C(=C\C=C\C(F)(F)F)C1=NC(NC(=O)C2(NC(=O)CC3CCCCC3)CCCC2)C(=O)N(C)c2ccccc21. The van der Waals surface area contributed by atoms with Crippen LogP contribution in [0.1, 0.15) is 83.1 Å². The van der Waals surface area contributed by atoms with Crippen molar-refractivity contribution in [3.8, 4) is 0 Å². The summed E-state index contributed by atoms with van der Waals surface area (Å²) in [6.45, 7) is 1.90. The van der Waals surface area contributed by atoms with Crippen LogP contribution in [-0.4, -0.2) is 48.4 Å². The number of benzene rings is 1. The third-order valence-corrected chi connectivity index (χ3v) is 8.45. The molecule has 1 aromatic carbocycles. The Balaban J connectivity index is 1.67. The molecule has 0 aromatic heterocycles. The molecule has 0 saturated heterocycles. The van der Waals surface area contributed by atoms with Gasteiger partial charge in [0, 0.05) is 30.7 Å². The van der Waals surface area contributed by atoms with E-state index >= 15 is 0 Å². The van der Waals surface area contributed by atoms with Gasteiger partial charge in [-0.1, -0.05) is 81.5 Å². The van der Waals surface area contributed by atoms with E-state index in [2.05, 4.69) is 15.6 Å². The number of para-hydroxylation sites is 1. The van der Waals surface area contributed by atoms with Gasteiger partial charge >= 0.3 is 6.18 Å². The predicted octanol–water partition coefficient (Wildman–Crippen LogP) is 6.30. The van der Waals surface area contributed by atoms with Gasteiger partial charge < -0.3 is 15.5 Å². The zero-order valence-corrected chi connectivity index (χ0v) is 24.9. The maximum atomic E-state index is 13.9. The van der Waals surface area contributed by atoms with Crippen LogP contribution in [-0.2, 0) is 14.4 Å². The van der Waals surface area contributed by atoms with Crippen molar-refractivity contribution in [3.05, 3.63) is 65.8 Å². The first-order chi connectivity index (χ1) is 20.5. The van der Waals surface area contributed by atoms with Crippen LogP contribution in [0.3, 0.4) is 0 Å². The highest BCUT2D eigenvalue weighted by Gasteiger charge is 2.44. The average Bonchev–Trinajstić information content (AvgIpc) is 3.42. The molecule has 1 heterocycles. The van der Waals surface area contributed by atoms with Crippen LogP contribution in [0.4, 0.5) is 18.9 Å². The molecule has 0 spiro atoms. The molecular formula is C33H41F3N4O3. The molecule has 3 amide bonds. The molecule has 1 aliphatic heterocycles. The highest BCUT2D eigenvalue weighted by Crippen LogP contribution is 2.33. The zero-order valence-electron chi connectivity index (χ0n) is 24.9. The summed E-state index contributed by atoms with van der Waals surface area (Å²) in [5.74, 6) is -0.821. The zero-order chi connectivity index (χ0) is 31.0. The lowest BCUT2D eigenvalue weighted by Crippen LogP contribution is -2.60. The number of likely N-dealkylation sites (N-methyl/N-ethyl adjacent to an activating group) is 1. The van der Waals surface area contributed by atoms with Crippen LogP contribution in [0, 0.1) is 5.92 Å². The summed E-state index contributed by atoms with van der Waals surface area (Å²) in [5, 5.41) is 5.83. The number of nitrogens with one attached hydrogen (secondary N) is 2. The number of aliphatic imine (C=N–C) groups is 1. The highest BCUT2D eigenvalue weighted by atomic mass is 19.4. The Bertz CT molecular complexity index is 1300. The molecule has 2 saturated carbocycles. The van der Waals surface area contributed by atoms with Gasteiger partial charge in [-0.3, -0.25) is 14.4 Å². The van der Waals surface area contributed by atoms with E-state index in [9.17, 15) is 27.6 Å². The summed E-state index contributed by atoms with van der Waals surface area (Å²) in [5.41, 5.74) is 0.537. The minimum absolute atomic E-state index is 0.131. The molecule has 43 heavy (non-hydrogen) atoms. The summed E-state index contributed by atoms with van der Waals surface area (Å²) < 4.78 is 38.8. The summed E-state index contributed by atoms with van der Waals surface area (Å²) in [6.07, 6.45) is 8.79. The monoisotopic (exact) mass is 598 g/mol. The van der Waals surface area contributed by atoms with Crippen molar-refractivity contribution in [1.29, 1.82) is 0 Å². The third-order valence-electron chi connectivity index (χ3n) is 8.45. The quantitative estimate of drug-likeness (QED) is 0.327. The smallest absolute Gasteiger partial charge is 0.342 e. The van der Waals surface area contributed by atoms with Crippen LogP contribution in [0.5, 0.6) is 0 Å². The largest absolute Gasteiger partial charge is 0.409 e. The summed E-state index contributed by atoms with van der Waals surface area (Å²) in [7, 11) is 1.57. The van der Waals surface area contributed by atoms with Gasteiger partial charge in [-0.25, -0.2) is 4.99 Å². The van der Waals surface area contributed by atoms with Crippen LogP contribution >= 0.6 is 0 Å². The number of anilines is 1. The normalized spacial score (nSPS) is 21.6. The van der Waals surface area contributed by atoms with Gasteiger partial charge in [0.1, 0.15) is 5.54 Å². The third kappa shape index (κ3) is 8.24. The Hall–Kier alpha value is -3.69. The minimum atomic E-state index is -4.50. The summed E-state index contributed by atoms with van der Waals surface area (Å²) in [4.78, 5) is 46.8. The number of fused-ring (bicyclic) bond motifs is 1. The van der Waals surface area contributed by atoms with Crippen LogP contribution in [0.25, 0.3) is 0 Å². The number of carbonyl (C=O) groups is 3. The molecule has 2 aliphatic carbocycles. The number of allylic oxidation sites excluding steroid dienone is 6. The molecular weight excluding hydrogens is 557 g/mol. The maximum absolute atomic E-state index is 13.9. The number of hydrogen-bond donors (Lipinski definition) is 2. The number of carbonyl (C=O) groups excluding carboxylic acids is 3. The van der Waals surface area contributed by atoms with Crippen LogP contribution < -0.4 is 15.5 Å². The molecule has 0 radical (unpaired) electrons. The van der Waals surface area contributed by atoms with Crippen molar-refractivity contribution in [1.82, 2.24) is 10.6 Å². The van der Waals surface area contributed by atoms with Crippen molar-refractivity contribution in [2.75, 3.05) is 11.9 Å². The van der Waals surface area contributed by atoms with E-state index in [4.69, 9.17) is 0 Å². The Labute approximate surface area is 251 Å². The molecule has 232 valence electrons. The second-order valence-corrected chi connectivity index (χ2v) is 11.6. The second kappa shape index (κ2) is 14.2. The molecule has 2 fully saturated rings. The van der Waals surface area contributed by atoms with Crippen LogP contribution in [0.15, 0.2) is 65.2 Å². The number of hydrogen-bond acceptors (Lipinski definition) is 4. The van der Waals surface area contributed by atoms with Crippen molar-refractivity contribution < 1.29 is 27.6 Å². The lowest BCUT2D eigenvalue weighted by Gasteiger charge is -2.32.